The summed E-state index contributed by atoms with van der Waals surface area (Å²) in [6.45, 7) is 13.3. The van der Waals surface area contributed by atoms with Gasteiger partial charge in [0.05, 0.1) is 18.7 Å². The van der Waals surface area contributed by atoms with Crippen molar-refractivity contribution in [1.82, 2.24) is 15.1 Å². The van der Waals surface area contributed by atoms with Crippen LogP contribution in [0.4, 0.5) is 0 Å². The Labute approximate surface area is 170 Å². The van der Waals surface area contributed by atoms with Gasteiger partial charge in [-0.15, -0.1) is 0 Å². The van der Waals surface area contributed by atoms with E-state index in [0.717, 1.165) is 12.8 Å². The van der Waals surface area contributed by atoms with Crippen LogP contribution in [0.1, 0.15) is 47.5 Å². The van der Waals surface area contributed by atoms with Crippen molar-refractivity contribution in [2.75, 3.05) is 27.7 Å². The van der Waals surface area contributed by atoms with Gasteiger partial charge in [-0.3, -0.25) is 14.4 Å². The number of amides is 3. The van der Waals surface area contributed by atoms with Gasteiger partial charge in [-0.25, -0.2) is 0 Å². The number of hydrogen-bond acceptors (Lipinski definition) is 4. The Morgan fingerprint density at radius 1 is 1.07 bits per heavy atom. The lowest BCUT2D eigenvalue weighted by molar-refractivity contribution is -0.140. The van der Waals surface area contributed by atoms with Crippen molar-refractivity contribution in [2.24, 2.45) is 11.8 Å². The zero-order chi connectivity index (χ0) is 22.0. The number of rotatable bonds is 12. The molecule has 4 atom stereocenters. The summed E-state index contributed by atoms with van der Waals surface area (Å²) in [5.41, 5.74) is 0. The number of nitrogens with one attached hydrogen (secondary N) is 1. The van der Waals surface area contributed by atoms with Crippen LogP contribution < -0.4 is 5.32 Å². The minimum atomic E-state index is -0.670. The quantitative estimate of drug-likeness (QED) is 0.511. The molecule has 0 aromatic carbocycles. The van der Waals surface area contributed by atoms with Gasteiger partial charge in [-0.05, 0) is 24.3 Å². The van der Waals surface area contributed by atoms with Gasteiger partial charge in [0.15, 0.2) is 0 Å². The molecule has 1 N–H and O–H groups in total. The smallest absolute Gasteiger partial charge is 0.246 e. The van der Waals surface area contributed by atoms with Crippen molar-refractivity contribution >= 4 is 17.7 Å². The first kappa shape index (κ1) is 26.1. The lowest BCUT2D eigenvalue weighted by Crippen LogP contribution is -2.54. The van der Waals surface area contributed by atoms with Gasteiger partial charge in [0, 0.05) is 21.2 Å². The molecule has 162 valence electrons. The Morgan fingerprint density at radius 2 is 1.64 bits per heavy atom. The third kappa shape index (κ3) is 6.93. The molecule has 28 heavy (non-hydrogen) atoms. The molecule has 0 aliphatic carbocycles. The summed E-state index contributed by atoms with van der Waals surface area (Å²) in [6, 6.07) is -0.744. The molecular formula is C21H39N3O4. The second kappa shape index (κ2) is 12.5. The summed E-state index contributed by atoms with van der Waals surface area (Å²) >= 11 is 0. The van der Waals surface area contributed by atoms with Crippen LogP contribution in [0.3, 0.4) is 0 Å². The fourth-order valence-corrected chi connectivity index (χ4v) is 3.55. The van der Waals surface area contributed by atoms with E-state index in [-0.39, 0.29) is 48.2 Å². The van der Waals surface area contributed by atoms with E-state index in [9.17, 15) is 14.4 Å². The molecule has 0 heterocycles. The maximum absolute atomic E-state index is 12.8. The average Bonchev–Trinajstić information content (AvgIpc) is 2.67. The predicted octanol–water partition coefficient (Wildman–Crippen LogP) is 2.07. The van der Waals surface area contributed by atoms with Crippen molar-refractivity contribution < 1.29 is 19.1 Å². The monoisotopic (exact) mass is 397 g/mol. The molecule has 0 radical (unpaired) electrons. The zero-order valence-electron chi connectivity index (χ0n) is 18.8. The highest BCUT2D eigenvalue weighted by Crippen LogP contribution is 2.21. The topological polar surface area (TPSA) is 79.0 Å². The van der Waals surface area contributed by atoms with Crippen LogP contribution >= 0.6 is 0 Å². The first-order valence-electron chi connectivity index (χ1n) is 10.0. The number of likely N-dealkylation sites (N-methyl/N-ethyl adjacent to an activating group) is 2. The zero-order valence-corrected chi connectivity index (χ0v) is 18.8. The van der Waals surface area contributed by atoms with E-state index in [1.807, 2.05) is 20.8 Å². The number of methoxy groups -OCH3 is 1. The molecule has 3 amide bonds. The first-order chi connectivity index (χ1) is 13.1. The molecule has 0 fully saturated rings. The van der Waals surface area contributed by atoms with Gasteiger partial charge in [-0.1, -0.05) is 47.6 Å². The highest BCUT2D eigenvalue weighted by molar-refractivity contribution is 5.93. The maximum atomic E-state index is 12.8. The number of carbonyl (C=O) groups excluding carboxylic acids is 3. The molecule has 4 unspecified atom stereocenters. The summed E-state index contributed by atoms with van der Waals surface area (Å²) in [5, 5.41) is 2.69. The fourth-order valence-electron chi connectivity index (χ4n) is 3.55. The molecule has 0 bridgehead atoms. The average molecular weight is 398 g/mol. The van der Waals surface area contributed by atoms with Crippen molar-refractivity contribution in [3.8, 4) is 0 Å². The van der Waals surface area contributed by atoms with Crippen LogP contribution in [0, 0.1) is 11.8 Å². The molecular weight excluding hydrogens is 358 g/mol. The molecule has 0 spiro atoms. The Kier molecular flexibility index (Phi) is 11.7. The third-order valence-corrected chi connectivity index (χ3v) is 5.41. The van der Waals surface area contributed by atoms with Gasteiger partial charge < -0.3 is 19.9 Å². The largest absolute Gasteiger partial charge is 0.379 e. The first-order valence-corrected chi connectivity index (χ1v) is 10.0. The number of nitrogens with zero attached hydrogens (tertiary/aromatic N) is 2. The summed E-state index contributed by atoms with van der Waals surface area (Å²) in [5.74, 6) is -0.718. The van der Waals surface area contributed by atoms with Crippen LogP contribution in [0.2, 0.25) is 0 Å². The van der Waals surface area contributed by atoms with Gasteiger partial charge in [-0.2, -0.15) is 0 Å². The van der Waals surface area contributed by atoms with Gasteiger partial charge in [0.25, 0.3) is 0 Å². The Balaban J connectivity index is 5.19. The van der Waals surface area contributed by atoms with Crippen molar-refractivity contribution in [1.29, 1.82) is 0 Å². The normalized spacial score (nSPS) is 15.3. The van der Waals surface area contributed by atoms with E-state index in [1.54, 1.807) is 26.1 Å². The summed E-state index contributed by atoms with van der Waals surface area (Å²) < 4.78 is 5.59. The molecule has 7 heteroatoms. The Bertz CT molecular complexity index is 532. The third-order valence-electron chi connectivity index (χ3n) is 5.41. The molecule has 0 aliphatic rings. The molecule has 0 saturated carbocycles. The van der Waals surface area contributed by atoms with E-state index in [2.05, 4.69) is 25.7 Å². The standard InChI is InChI=1S/C21H39N3O4/c1-10-15(6)20(16(11-2)28-9)24(8)18(26)13-22-21(27)19(14(4)5)23(7)17(25)12-3/h12,14-16,19-20H,3,10-11,13H2,1-2,4-9H3,(H,22,27). The molecule has 7 nitrogen and oxygen atoms in total. The predicted molar refractivity (Wildman–Crippen MR) is 112 cm³/mol. The number of ether oxygens (including phenoxy) is 1. The van der Waals surface area contributed by atoms with Crippen LogP contribution in [0.25, 0.3) is 0 Å². The van der Waals surface area contributed by atoms with Crippen molar-refractivity contribution in [3.63, 3.8) is 0 Å². The van der Waals surface area contributed by atoms with Gasteiger partial charge >= 0.3 is 0 Å². The second-order valence-electron chi connectivity index (χ2n) is 7.62. The van der Waals surface area contributed by atoms with E-state index in [4.69, 9.17) is 4.74 Å². The lowest BCUT2D eigenvalue weighted by atomic mass is 9.91. The molecule has 0 aromatic rings. The van der Waals surface area contributed by atoms with Crippen LogP contribution in [0.15, 0.2) is 12.7 Å². The van der Waals surface area contributed by atoms with E-state index >= 15 is 0 Å². The fraction of sp³-hybridized carbons (Fsp3) is 0.762. The second-order valence-corrected chi connectivity index (χ2v) is 7.62. The summed E-state index contributed by atoms with van der Waals surface area (Å²) in [7, 11) is 4.97. The highest BCUT2D eigenvalue weighted by atomic mass is 16.5. The van der Waals surface area contributed by atoms with Gasteiger partial charge in [0.2, 0.25) is 17.7 Å². The van der Waals surface area contributed by atoms with E-state index in [0.29, 0.717) is 0 Å². The number of hydrogen-bond donors (Lipinski definition) is 1. The minimum absolute atomic E-state index is 0.0700. The van der Waals surface area contributed by atoms with Crippen molar-refractivity contribution in [2.45, 2.75) is 65.6 Å². The molecule has 0 saturated heterocycles. The summed E-state index contributed by atoms with van der Waals surface area (Å²) in [4.78, 5) is 40.3. The van der Waals surface area contributed by atoms with Gasteiger partial charge in [0.1, 0.15) is 6.04 Å². The molecule has 0 rings (SSSR count). The van der Waals surface area contributed by atoms with Crippen molar-refractivity contribution in [3.05, 3.63) is 12.7 Å². The van der Waals surface area contributed by atoms with E-state index in [1.165, 1.54) is 11.0 Å². The molecule has 0 aliphatic heterocycles. The highest BCUT2D eigenvalue weighted by Gasteiger charge is 2.33. The molecule has 0 aromatic heterocycles. The Hall–Kier alpha value is -1.89. The van der Waals surface area contributed by atoms with Crippen LogP contribution in [-0.2, 0) is 19.1 Å². The lowest BCUT2D eigenvalue weighted by Gasteiger charge is -2.37. The van der Waals surface area contributed by atoms with E-state index < -0.39 is 6.04 Å². The number of carbonyl (C=O) groups is 3. The minimum Gasteiger partial charge on any atom is -0.379 e. The van der Waals surface area contributed by atoms with Crippen LogP contribution in [0.5, 0.6) is 0 Å². The van der Waals surface area contributed by atoms with Crippen LogP contribution in [-0.4, -0.2) is 73.5 Å². The Morgan fingerprint density at radius 3 is 2.04 bits per heavy atom. The summed E-state index contributed by atoms with van der Waals surface area (Å²) in [6.07, 6.45) is 2.81. The SMILES string of the molecule is C=CC(=O)N(C)C(C(=O)NCC(=O)N(C)C(C(C)CC)C(CC)OC)C(C)C. The maximum Gasteiger partial charge on any atom is 0.246 e.